The summed E-state index contributed by atoms with van der Waals surface area (Å²) in [7, 11) is 0. The molecule has 3 nitrogen and oxygen atoms in total. The van der Waals surface area contributed by atoms with Crippen LogP contribution in [0, 0.1) is 0 Å². The predicted molar refractivity (Wildman–Crippen MR) is 79.6 cm³/mol. The highest BCUT2D eigenvalue weighted by molar-refractivity contribution is 6.33. The Labute approximate surface area is 123 Å². The Hall–Kier alpha value is -1.03. The van der Waals surface area contributed by atoms with E-state index in [2.05, 4.69) is 29.1 Å². The lowest BCUT2D eigenvalue weighted by molar-refractivity contribution is 0.441. The van der Waals surface area contributed by atoms with E-state index in [0.29, 0.717) is 5.02 Å². The highest BCUT2D eigenvalue weighted by Gasteiger charge is 2.17. The van der Waals surface area contributed by atoms with E-state index in [1.807, 2.05) is 18.3 Å². The molecule has 0 amide bonds. The van der Waals surface area contributed by atoms with Gasteiger partial charge in [-0.05, 0) is 37.1 Å². The Kier molecular flexibility index (Phi) is 4.86. The number of halogens is 2. The van der Waals surface area contributed by atoms with E-state index >= 15 is 0 Å². The summed E-state index contributed by atoms with van der Waals surface area (Å²) in [4.78, 5) is 7.44. The van der Waals surface area contributed by atoms with E-state index in [9.17, 15) is 0 Å². The van der Waals surface area contributed by atoms with Crippen molar-refractivity contribution < 1.29 is 0 Å². The number of hydrogen-bond acceptors (Lipinski definition) is 2. The highest BCUT2D eigenvalue weighted by Crippen LogP contribution is 2.28. The molecule has 0 aliphatic carbocycles. The number of hydrogen-bond donors (Lipinski definition) is 2. The Morgan fingerprint density at radius 2 is 2.16 bits per heavy atom. The van der Waals surface area contributed by atoms with Gasteiger partial charge in [-0.1, -0.05) is 30.1 Å². The molecule has 0 saturated carbocycles. The van der Waals surface area contributed by atoms with Crippen LogP contribution < -0.4 is 5.32 Å². The zero-order valence-corrected chi connectivity index (χ0v) is 12.5. The zero-order chi connectivity index (χ0) is 13.8. The van der Waals surface area contributed by atoms with Crippen molar-refractivity contribution in [2.45, 2.75) is 32.4 Å². The summed E-state index contributed by atoms with van der Waals surface area (Å²) in [5.41, 5.74) is 0.999. The van der Waals surface area contributed by atoms with Crippen LogP contribution in [-0.4, -0.2) is 9.97 Å². The third-order valence-electron chi connectivity index (χ3n) is 3.13. The number of rotatable bonds is 5. The topological polar surface area (TPSA) is 40.7 Å². The Bertz CT molecular complexity index is 525. The van der Waals surface area contributed by atoms with Gasteiger partial charge in [-0.25, -0.2) is 4.98 Å². The fourth-order valence-corrected chi connectivity index (χ4v) is 2.56. The predicted octanol–water partition coefficient (Wildman–Crippen LogP) is 4.52. The highest BCUT2D eigenvalue weighted by atomic mass is 35.5. The Balaban J connectivity index is 2.15. The molecular weight excluding hydrogens is 281 g/mol. The fraction of sp³-hybridized carbons (Fsp3) is 0.357. The van der Waals surface area contributed by atoms with Gasteiger partial charge in [-0.15, -0.1) is 0 Å². The molecule has 1 aromatic carbocycles. The fourth-order valence-electron chi connectivity index (χ4n) is 2.10. The Morgan fingerprint density at radius 1 is 1.37 bits per heavy atom. The van der Waals surface area contributed by atoms with Gasteiger partial charge >= 0.3 is 0 Å². The summed E-state index contributed by atoms with van der Waals surface area (Å²) in [6.07, 6.45) is 4.53. The molecule has 0 saturated heterocycles. The van der Waals surface area contributed by atoms with E-state index in [1.165, 1.54) is 0 Å². The number of H-pyrrole nitrogens is 1. The van der Waals surface area contributed by atoms with E-state index < -0.39 is 0 Å². The lowest BCUT2D eigenvalue weighted by atomic mass is 10.1. The molecule has 102 valence electrons. The van der Waals surface area contributed by atoms with Crippen LogP contribution in [-0.2, 0) is 0 Å². The zero-order valence-electron chi connectivity index (χ0n) is 11.0. The van der Waals surface area contributed by atoms with E-state index in [0.717, 1.165) is 22.8 Å². The molecule has 2 atom stereocenters. The molecule has 0 fully saturated rings. The van der Waals surface area contributed by atoms with Gasteiger partial charge in [-0.2, -0.15) is 0 Å². The van der Waals surface area contributed by atoms with Crippen LogP contribution in [0.25, 0.3) is 0 Å². The van der Waals surface area contributed by atoms with Crippen LogP contribution >= 0.6 is 23.2 Å². The number of nitrogens with one attached hydrogen (secondary N) is 2. The molecule has 0 bridgehead atoms. The maximum absolute atomic E-state index is 6.22. The first-order valence-corrected chi connectivity index (χ1v) is 7.07. The first-order valence-electron chi connectivity index (χ1n) is 6.32. The summed E-state index contributed by atoms with van der Waals surface area (Å²) in [5, 5.41) is 4.93. The number of nitrogens with zero attached hydrogens (tertiary/aromatic N) is 1. The standard InChI is InChI=1S/C14H17Cl2N3/c1-3-13(14-17-6-7-18-14)19-9(2)11-8-10(15)4-5-12(11)16/h4-9,13,19H,3H2,1-2H3,(H,17,18). The number of aromatic amines is 1. The van der Waals surface area contributed by atoms with Gasteiger partial charge in [0.25, 0.3) is 0 Å². The van der Waals surface area contributed by atoms with Gasteiger partial charge in [-0.3, -0.25) is 0 Å². The molecule has 1 aromatic heterocycles. The average Bonchev–Trinajstić information content (AvgIpc) is 2.92. The lowest BCUT2D eigenvalue weighted by Gasteiger charge is -2.22. The SMILES string of the molecule is CCC(NC(C)c1cc(Cl)ccc1Cl)c1ncc[nH]1. The molecule has 19 heavy (non-hydrogen) atoms. The molecule has 0 spiro atoms. The van der Waals surface area contributed by atoms with Crippen LogP contribution in [0.3, 0.4) is 0 Å². The van der Waals surface area contributed by atoms with Crippen LogP contribution in [0.1, 0.15) is 43.7 Å². The summed E-state index contributed by atoms with van der Waals surface area (Å²) < 4.78 is 0. The third kappa shape index (κ3) is 3.50. The summed E-state index contributed by atoms with van der Waals surface area (Å²) in [5.74, 6) is 0.938. The second-order valence-corrected chi connectivity index (χ2v) is 5.33. The largest absolute Gasteiger partial charge is 0.347 e. The number of aromatic nitrogens is 2. The summed E-state index contributed by atoms with van der Waals surface area (Å²) in [6.45, 7) is 4.19. The van der Waals surface area contributed by atoms with Gasteiger partial charge in [0, 0.05) is 28.5 Å². The van der Waals surface area contributed by atoms with Crippen molar-refractivity contribution in [1.82, 2.24) is 15.3 Å². The molecular formula is C14H17Cl2N3. The van der Waals surface area contributed by atoms with Gasteiger partial charge in [0.15, 0.2) is 0 Å². The quantitative estimate of drug-likeness (QED) is 0.852. The molecule has 0 radical (unpaired) electrons. The number of imidazole rings is 1. The van der Waals surface area contributed by atoms with E-state index in [4.69, 9.17) is 23.2 Å². The van der Waals surface area contributed by atoms with E-state index in [1.54, 1.807) is 12.3 Å². The van der Waals surface area contributed by atoms with Crippen LogP contribution in [0.4, 0.5) is 0 Å². The van der Waals surface area contributed by atoms with Crippen molar-refractivity contribution in [3.63, 3.8) is 0 Å². The van der Waals surface area contributed by atoms with Gasteiger partial charge in [0.05, 0.1) is 6.04 Å². The van der Waals surface area contributed by atoms with Gasteiger partial charge < -0.3 is 10.3 Å². The molecule has 2 unspecified atom stereocenters. The van der Waals surface area contributed by atoms with E-state index in [-0.39, 0.29) is 12.1 Å². The minimum Gasteiger partial charge on any atom is -0.347 e. The van der Waals surface area contributed by atoms with Gasteiger partial charge in [0.1, 0.15) is 5.82 Å². The first-order chi connectivity index (χ1) is 9.11. The molecule has 0 aliphatic rings. The van der Waals surface area contributed by atoms with Crippen LogP contribution in [0.5, 0.6) is 0 Å². The van der Waals surface area contributed by atoms with Crippen molar-refractivity contribution in [3.8, 4) is 0 Å². The lowest BCUT2D eigenvalue weighted by Crippen LogP contribution is -2.25. The first kappa shape index (κ1) is 14.4. The average molecular weight is 298 g/mol. The number of benzene rings is 1. The van der Waals surface area contributed by atoms with Gasteiger partial charge in [0.2, 0.25) is 0 Å². The Morgan fingerprint density at radius 3 is 2.79 bits per heavy atom. The smallest absolute Gasteiger partial charge is 0.123 e. The minimum absolute atomic E-state index is 0.0984. The second kappa shape index (κ2) is 6.42. The summed E-state index contributed by atoms with van der Waals surface area (Å²) in [6, 6.07) is 5.78. The maximum atomic E-state index is 6.22. The minimum atomic E-state index is 0.0984. The van der Waals surface area contributed by atoms with Crippen molar-refractivity contribution in [3.05, 3.63) is 52.0 Å². The maximum Gasteiger partial charge on any atom is 0.123 e. The second-order valence-electron chi connectivity index (χ2n) is 4.49. The van der Waals surface area contributed by atoms with Crippen LogP contribution in [0.2, 0.25) is 10.0 Å². The van der Waals surface area contributed by atoms with Crippen molar-refractivity contribution in [1.29, 1.82) is 0 Å². The molecule has 2 rings (SSSR count). The molecule has 5 heteroatoms. The van der Waals surface area contributed by atoms with Crippen molar-refractivity contribution in [2.75, 3.05) is 0 Å². The van der Waals surface area contributed by atoms with Crippen molar-refractivity contribution in [2.24, 2.45) is 0 Å². The normalized spacial score (nSPS) is 14.3. The van der Waals surface area contributed by atoms with Crippen LogP contribution in [0.15, 0.2) is 30.6 Å². The van der Waals surface area contributed by atoms with Crippen molar-refractivity contribution >= 4 is 23.2 Å². The third-order valence-corrected chi connectivity index (χ3v) is 3.71. The summed E-state index contributed by atoms with van der Waals surface area (Å²) >= 11 is 12.2. The molecule has 0 aliphatic heterocycles. The monoisotopic (exact) mass is 297 g/mol. The molecule has 2 aromatic rings. The molecule has 1 heterocycles. The molecule has 2 N–H and O–H groups in total.